The lowest BCUT2D eigenvalue weighted by molar-refractivity contribution is -0.129. The molecular weight excluding hydrogens is 464 g/mol. The molecule has 1 aliphatic heterocycles. The molecular formula is C23H15BrN2O5. The van der Waals surface area contributed by atoms with E-state index < -0.39 is 17.8 Å². The number of carbonyl (C=O) groups is 4. The van der Waals surface area contributed by atoms with Crippen LogP contribution in [0, 0.1) is 0 Å². The molecule has 0 bridgehead atoms. The van der Waals surface area contributed by atoms with Gasteiger partial charge < -0.3 is 4.42 Å². The molecule has 1 fully saturated rings. The third kappa shape index (κ3) is 3.97. The first-order valence-electron chi connectivity index (χ1n) is 9.21. The average molecular weight is 479 g/mol. The minimum atomic E-state index is -0.784. The van der Waals surface area contributed by atoms with Crippen LogP contribution in [0.3, 0.4) is 0 Å². The molecule has 31 heavy (non-hydrogen) atoms. The summed E-state index contributed by atoms with van der Waals surface area (Å²) in [6.07, 6.45) is 2.79. The van der Waals surface area contributed by atoms with Gasteiger partial charge in [-0.15, -0.1) is 6.58 Å². The minimum absolute atomic E-state index is 0.0163. The topological polar surface area (TPSA) is 96.7 Å². The van der Waals surface area contributed by atoms with Gasteiger partial charge in [0, 0.05) is 22.0 Å². The molecule has 1 aliphatic rings. The van der Waals surface area contributed by atoms with E-state index in [0.717, 1.165) is 9.37 Å². The summed E-state index contributed by atoms with van der Waals surface area (Å²) in [5, 5.41) is 2.77. The van der Waals surface area contributed by atoms with Crippen LogP contribution in [0.4, 0.5) is 4.79 Å². The number of hydrogen-bond donors (Lipinski definition) is 1. The zero-order chi connectivity index (χ0) is 22.1. The van der Waals surface area contributed by atoms with Crippen molar-refractivity contribution in [2.75, 3.05) is 6.54 Å². The highest BCUT2D eigenvalue weighted by atomic mass is 79.9. The fraction of sp³-hybridized carbons (Fsp3) is 0.0435. The van der Waals surface area contributed by atoms with E-state index in [0.29, 0.717) is 22.1 Å². The molecule has 4 rings (SSSR count). The normalized spacial score (nSPS) is 15.5. The molecule has 2 aromatic carbocycles. The van der Waals surface area contributed by atoms with Gasteiger partial charge in [0.2, 0.25) is 5.78 Å². The second-order valence-corrected chi connectivity index (χ2v) is 7.68. The molecule has 7 nitrogen and oxygen atoms in total. The van der Waals surface area contributed by atoms with E-state index in [2.05, 4.69) is 27.8 Å². The highest BCUT2D eigenvalue weighted by Gasteiger charge is 2.34. The maximum atomic E-state index is 12.7. The Balaban J connectivity index is 1.66. The third-order valence-electron chi connectivity index (χ3n) is 4.68. The van der Waals surface area contributed by atoms with E-state index in [1.165, 1.54) is 12.2 Å². The lowest BCUT2D eigenvalue weighted by Crippen LogP contribution is -2.54. The molecule has 0 radical (unpaired) electrons. The number of furan rings is 1. The number of carbonyl (C=O) groups excluding carboxylic acids is 4. The van der Waals surface area contributed by atoms with E-state index in [1.807, 2.05) is 0 Å². The van der Waals surface area contributed by atoms with Gasteiger partial charge in [-0.3, -0.25) is 24.6 Å². The number of halogens is 1. The van der Waals surface area contributed by atoms with Crippen LogP contribution in [0.2, 0.25) is 0 Å². The summed E-state index contributed by atoms with van der Waals surface area (Å²) in [7, 11) is 0. The lowest BCUT2D eigenvalue weighted by Gasteiger charge is -2.25. The number of amides is 4. The Morgan fingerprint density at radius 1 is 1.10 bits per heavy atom. The molecule has 0 spiro atoms. The molecule has 0 saturated carbocycles. The van der Waals surface area contributed by atoms with E-state index in [4.69, 9.17) is 4.42 Å². The van der Waals surface area contributed by atoms with E-state index in [1.54, 1.807) is 48.5 Å². The summed E-state index contributed by atoms with van der Waals surface area (Å²) >= 11 is 3.33. The summed E-state index contributed by atoms with van der Waals surface area (Å²) in [6.45, 7) is 3.49. The number of hydrogen-bond acceptors (Lipinski definition) is 5. The number of nitrogens with one attached hydrogen (secondary N) is 1. The van der Waals surface area contributed by atoms with Crippen LogP contribution in [0.5, 0.6) is 0 Å². The summed E-state index contributed by atoms with van der Waals surface area (Å²) in [4.78, 5) is 50.1. The minimum Gasteiger partial charge on any atom is -0.453 e. The van der Waals surface area contributed by atoms with Crippen LogP contribution in [0.1, 0.15) is 21.7 Å². The SMILES string of the molecule is C=CCN1C(=O)NC(=O)/C(=C\c2ccc3oc(C(=O)c4ccc(Br)cc4)cc3c2)C1=O. The van der Waals surface area contributed by atoms with Crippen molar-refractivity contribution in [2.24, 2.45) is 0 Å². The number of rotatable bonds is 5. The Labute approximate surface area is 185 Å². The summed E-state index contributed by atoms with van der Waals surface area (Å²) in [5.74, 6) is -1.55. The van der Waals surface area contributed by atoms with Gasteiger partial charge in [0.25, 0.3) is 11.8 Å². The largest absolute Gasteiger partial charge is 0.453 e. The van der Waals surface area contributed by atoms with Crippen molar-refractivity contribution < 1.29 is 23.6 Å². The number of ketones is 1. The molecule has 4 amide bonds. The Hall–Kier alpha value is -3.78. The smallest absolute Gasteiger partial charge is 0.331 e. The van der Waals surface area contributed by atoms with Crippen molar-refractivity contribution >= 4 is 56.6 Å². The lowest BCUT2D eigenvalue weighted by atomic mass is 10.1. The van der Waals surface area contributed by atoms with Crippen molar-refractivity contribution in [2.45, 2.75) is 0 Å². The van der Waals surface area contributed by atoms with Gasteiger partial charge in [0.05, 0.1) is 0 Å². The van der Waals surface area contributed by atoms with Crippen molar-refractivity contribution in [3.05, 3.63) is 88.1 Å². The van der Waals surface area contributed by atoms with Crippen LogP contribution < -0.4 is 5.32 Å². The average Bonchev–Trinajstić information content (AvgIpc) is 3.17. The summed E-state index contributed by atoms with van der Waals surface area (Å²) in [5.41, 5.74) is 1.35. The molecule has 1 aromatic heterocycles. The predicted molar refractivity (Wildman–Crippen MR) is 117 cm³/mol. The standard InChI is InChI=1S/C23H15BrN2O5/c1-2-9-26-22(29)17(21(28)25-23(26)30)11-13-3-8-18-15(10-13)12-19(31-18)20(27)14-4-6-16(24)7-5-14/h2-8,10-12H,1,9H2,(H,25,28,30)/b17-11+. The second-order valence-electron chi connectivity index (χ2n) is 6.77. The van der Waals surface area contributed by atoms with Crippen molar-refractivity contribution in [3.63, 3.8) is 0 Å². The second kappa shape index (κ2) is 8.16. The van der Waals surface area contributed by atoms with Crippen LogP contribution in [-0.2, 0) is 9.59 Å². The number of nitrogens with zero attached hydrogens (tertiary/aromatic N) is 1. The van der Waals surface area contributed by atoms with Gasteiger partial charge in [0.15, 0.2) is 5.76 Å². The first-order valence-corrected chi connectivity index (χ1v) is 10.0. The van der Waals surface area contributed by atoms with Gasteiger partial charge in [-0.2, -0.15) is 0 Å². The quantitative estimate of drug-likeness (QED) is 0.258. The fourth-order valence-electron chi connectivity index (χ4n) is 3.16. The highest BCUT2D eigenvalue weighted by molar-refractivity contribution is 9.10. The van der Waals surface area contributed by atoms with Crippen LogP contribution in [0.25, 0.3) is 17.0 Å². The Bertz CT molecular complexity index is 1290. The molecule has 0 aliphatic carbocycles. The molecule has 0 atom stereocenters. The predicted octanol–water partition coefficient (Wildman–Crippen LogP) is 4.07. The number of urea groups is 1. The van der Waals surface area contributed by atoms with Crippen LogP contribution >= 0.6 is 15.9 Å². The first kappa shape index (κ1) is 20.5. The first-order chi connectivity index (χ1) is 14.9. The van der Waals surface area contributed by atoms with Crippen molar-refractivity contribution in [3.8, 4) is 0 Å². The van der Waals surface area contributed by atoms with Gasteiger partial charge in [0.1, 0.15) is 11.2 Å². The monoisotopic (exact) mass is 478 g/mol. The molecule has 8 heteroatoms. The number of imide groups is 2. The van der Waals surface area contributed by atoms with Gasteiger partial charge >= 0.3 is 6.03 Å². The molecule has 3 aromatic rings. The Morgan fingerprint density at radius 2 is 1.84 bits per heavy atom. The molecule has 0 unspecified atom stereocenters. The molecule has 154 valence electrons. The van der Waals surface area contributed by atoms with Gasteiger partial charge in [-0.05, 0) is 54.1 Å². The molecule has 2 heterocycles. The Kier molecular flexibility index (Phi) is 5.39. The highest BCUT2D eigenvalue weighted by Crippen LogP contribution is 2.25. The van der Waals surface area contributed by atoms with Crippen LogP contribution in [-0.4, -0.2) is 35.1 Å². The zero-order valence-electron chi connectivity index (χ0n) is 16.1. The van der Waals surface area contributed by atoms with Crippen molar-refractivity contribution in [1.29, 1.82) is 0 Å². The van der Waals surface area contributed by atoms with Gasteiger partial charge in [-0.25, -0.2) is 4.79 Å². The fourth-order valence-corrected chi connectivity index (χ4v) is 3.43. The van der Waals surface area contributed by atoms with E-state index >= 15 is 0 Å². The maximum Gasteiger partial charge on any atom is 0.331 e. The van der Waals surface area contributed by atoms with Gasteiger partial charge in [-0.1, -0.05) is 28.1 Å². The van der Waals surface area contributed by atoms with Crippen LogP contribution in [0.15, 0.2) is 75.6 Å². The summed E-state index contributed by atoms with van der Waals surface area (Å²) in [6, 6.07) is 12.8. The Morgan fingerprint density at radius 3 is 2.55 bits per heavy atom. The number of benzene rings is 2. The molecule has 1 saturated heterocycles. The number of barbiturate groups is 1. The van der Waals surface area contributed by atoms with E-state index in [9.17, 15) is 19.2 Å². The van der Waals surface area contributed by atoms with E-state index in [-0.39, 0.29) is 23.7 Å². The molecule has 1 N–H and O–H groups in total. The third-order valence-corrected chi connectivity index (χ3v) is 5.21. The van der Waals surface area contributed by atoms with Crippen molar-refractivity contribution in [1.82, 2.24) is 10.2 Å². The summed E-state index contributed by atoms with van der Waals surface area (Å²) < 4.78 is 6.53. The number of fused-ring (bicyclic) bond motifs is 1. The maximum absolute atomic E-state index is 12.7. The zero-order valence-corrected chi connectivity index (χ0v) is 17.6.